The maximum Gasteiger partial charge on any atom is 0.180 e. The van der Waals surface area contributed by atoms with Crippen LogP contribution >= 0.6 is 0 Å². The van der Waals surface area contributed by atoms with E-state index in [1.165, 1.54) is 57.1 Å². The number of carbonyl (C=O) groups is 1. The van der Waals surface area contributed by atoms with Gasteiger partial charge < -0.3 is 4.90 Å². The average molecular weight is 294 g/mol. The molecule has 114 valence electrons. The summed E-state index contributed by atoms with van der Waals surface area (Å²) in [6.07, 6.45) is 16.8. The van der Waals surface area contributed by atoms with E-state index in [1.54, 1.807) is 11.6 Å². The molecule has 2 unspecified atom stereocenters. The molecule has 2 atom stereocenters. The Hall–Kier alpha value is -1.64. The van der Waals surface area contributed by atoms with Crippen molar-refractivity contribution in [3.8, 4) is 0 Å². The highest BCUT2D eigenvalue weighted by molar-refractivity contribution is 6.20. The van der Waals surface area contributed by atoms with E-state index in [1.807, 2.05) is 12.2 Å². The van der Waals surface area contributed by atoms with Gasteiger partial charge in [0, 0.05) is 17.7 Å². The molecule has 0 bridgehead atoms. The Labute approximate surface area is 131 Å². The summed E-state index contributed by atoms with van der Waals surface area (Å²) in [5.74, 6) is 0.752. The van der Waals surface area contributed by atoms with Crippen LogP contribution < -0.4 is 0 Å². The Balaban J connectivity index is 1.71. The fourth-order valence-corrected chi connectivity index (χ4v) is 5.28. The van der Waals surface area contributed by atoms with Crippen LogP contribution in [0, 0.1) is 5.92 Å². The van der Waals surface area contributed by atoms with Crippen molar-refractivity contribution < 1.29 is 4.79 Å². The first-order valence-corrected chi connectivity index (χ1v) is 8.83. The van der Waals surface area contributed by atoms with Crippen LogP contribution in [0.2, 0.25) is 0 Å². The lowest BCUT2D eigenvalue weighted by molar-refractivity contribution is -0.110. The van der Waals surface area contributed by atoms with E-state index in [0.29, 0.717) is 5.92 Å². The third-order valence-corrected chi connectivity index (χ3v) is 6.20. The lowest BCUT2D eigenvalue weighted by atomic mass is 9.70. The fraction of sp³-hybridized carbons (Fsp3) is 0.579. The van der Waals surface area contributed by atoms with Crippen LogP contribution in [-0.2, 0) is 4.79 Å². The molecule has 3 nitrogen and oxygen atoms in total. The van der Waals surface area contributed by atoms with Crippen LogP contribution in [0.1, 0.15) is 57.8 Å². The van der Waals surface area contributed by atoms with Gasteiger partial charge in [-0.1, -0.05) is 12.0 Å². The van der Waals surface area contributed by atoms with Gasteiger partial charge >= 0.3 is 0 Å². The van der Waals surface area contributed by atoms with Gasteiger partial charge in [-0.2, -0.15) is 0 Å². The summed E-state index contributed by atoms with van der Waals surface area (Å²) in [5.41, 5.74) is 5.25. The van der Waals surface area contributed by atoms with Crippen LogP contribution in [0.5, 0.6) is 0 Å². The molecule has 1 fully saturated rings. The van der Waals surface area contributed by atoms with E-state index in [9.17, 15) is 4.79 Å². The van der Waals surface area contributed by atoms with Crippen molar-refractivity contribution in [2.75, 3.05) is 0 Å². The number of rotatable bonds is 0. The van der Waals surface area contributed by atoms with Gasteiger partial charge in [-0.15, -0.1) is 0 Å². The lowest BCUT2D eigenvalue weighted by Crippen LogP contribution is -2.53. The highest BCUT2D eigenvalue weighted by Crippen LogP contribution is 2.55. The summed E-state index contributed by atoms with van der Waals surface area (Å²) < 4.78 is 0. The second-order valence-electron chi connectivity index (χ2n) is 7.38. The van der Waals surface area contributed by atoms with E-state index in [2.05, 4.69) is 4.90 Å². The quantitative estimate of drug-likeness (QED) is 0.635. The predicted molar refractivity (Wildman–Crippen MR) is 86.3 cm³/mol. The molecule has 0 amide bonds. The monoisotopic (exact) mass is 294 g/mol. The minimum atomic E-state index is -0.0649. The summed E-state index contributed by atoms with van der Waals surface area (Å²) in [6, 6.07) is 0. The van der Waals surface area contributed by atoms with Crippen molar-refractivity contribution in [1.29, 1.82) is 0 Å². The molecule has 0 aromatic carbocycles. The highest BCUT2D eigenvalue weighted by atomic mass is 16.1. The minimum Gasteiger partial charge on any atom is -0.318 e. The zero-order chi connectivity index (χ0) is 14.7. The molecule has 22 heavy (non-hydrogen) atoms. The molecule has 0 saturated heterocycles. The number of aliphatic imine (C=N–C) groups is 1. The van der Waals surface area contributed by atoms with Crippen LogP contribution in [0.25, 0.3) is 0 Å². The fourth-order valence-electron chi connectivity index (χ4n) is 5.28. The van der Waals surface area contributed by atoms with E-state index in [-0.39, 0.29) is 11.4 Å². The Morgan fingerprint density at radius 1 is 1.14 bits per heavy atom. The number of hydrogen-bond acceptors (Lipinski definition) is 3. The van der Waals surface area contributed by atoms with Crippen molar-refractivity contribution in [2.45, 2.75) is 63.5 Å². The number of allylic oxidation sites excluding steroid dienone is 5. The molecule has 0 N–H and O–H groups in total. The summed E-state index contributed by atoms with van der Waals surface area (Å²) in [6.45, 7) is 0. The van der Waals surface area contributed by atoms with Crippen LogP contribution in [-0.4, -0.2) is 22.1 Å². The van der Waals surface area contributed by atoms with Crippen molar-refractivity contribution in [2.24, 2.45) is 10.9 Å². The highest BCUT2D eigenvalue weighted by Gasteiger charge is 2.55. The summed E-state index contributed by atoms with van der Waals surface area (Å²) in [7, 11) is 0. The van der Waals surface area contributed by atoms with Gasteiger partial charge in [0.25, 0.3) is 0 Å². The Morgan fingerprint density at radius 3 is 3.00 bits per heavy atom. The third-order valence-electron chi connectivity index (χ3n) is 6.20. The van der Waals surface area contributed by atoms with Gasteiger partial charge in [-0.25, -0.2) is 0 Å². The predicted octanol–water partition coefficient (Wildman–Crippen LogP) is 3.88. The smallest absolute Gasteiger partial charge is 0.180 e. The van der Waals surface area contributed by atoms with Crippen LogP contribution in [0.15, 0.2) is 40.2 Å². The first kappa shape index (κ1) is 12.9. The standard InChI is InChI=1S/C19H22N2O/c22-15-8-9-16-18(12-15)21-17-7-2-1-5-13(17)11-14-6-3-4-10-19(14,21)20-16/h8-9,12,14H,1-7,10-11H2. The third kappa shape index (κ3) is 1.57. The van der Waals surface area contributed by atoms with E-state index < -0.39 is 0 Å². The summed E-state index contributed by atoms with van der Waals surface area (Å²) >= 11 is 0. The molecule has 5 rings (SSSR count). The number of hydrogen-bond donors (Lipinski definition) is 0. The summed E-state index contributed by atoms with van der Waals surface area (Å²) in [4.78, 5) is 19.7. The molecular weight excluding hydrogens is 272 g/mol. The number of carbonyl (C=O) groups excluding carboxylic acids is 1. The molecule has 0 radical (unpaired) electrons. The molecule has 0 aromatic heterocycles. The average Bonchev–Trinajstić information content (AvgIpc) is 2.86. The zero-order valence-electron chi connectivity index (χ0n) is 13.0. The van der Waals surface area contributed by atoms with Gasteiger partial charge in [-0.05, 0) is 63.5 Å². The van der Waals surface area contributed by atoms with Gasteiger partial charge in [-0.3, -0.25) is 9.79 Å². The van der Waals surface area contributed by atoms with Crippen LogP contribution in [0.3, 0.4) is 0 Å². The van der Waals surface area contributed by atoms with Crippen molar-refractivity contribution in [3.63, 3.8) is 0 Å². The first-order valence-electron chi connectivity index (χ1n) is 8.83. The minimum absolute atomic E-state index is 0.0649. The van der Waals surface area contributed by atoms with Crippen molar-refractivity contribution in [3.05, 3.63) is 35.2 Å². The molecular formula is C19H22N2O. The Bertz CT molecular complexity index is 682. The Morgan fingerprint density at radius 2 is 2.05 bits per heavy atom. The molecule has 5 aliphatic rings. The summed E-state index contributed by atoms with van der Waals surface area (Å²) in [5, 5.41) is 0. The lowest BCUT2D eigenvalue weighted by Gasteiger charge is -2.52. The van der Waals surface area contributed by atoms with Gasteiger partial charge in [0.1, 0.15) is 5.66 Å². The molecule has 2 heterocycles. The molecule has 1 spiro atoms. The molecule has 3 aliphatic carbocycles. The molecule has 3 heteroatoms. The van der Waals surface area contributed by atoms with Crippen molar-refractivity contribution in [1.82, 2.24) is 4.90 Å². The second kappa shape index (κ2) is 4.43. The largest absolute Gasteiger partial charge is 0.318 e. The molecule has 2 aliphatic heterocycles. The maximum absolute atomic E-state index is 11.9. The Kier molecular flexibility index (Phi) is 2.59. The van der Waals surface area contributed by atoms with Crippen LogP contribution in [0.4, 0.5) is 0 Å². The van der Waals surface area contributed by atoms with Gasteiger partial charge in [0.15, 0.2) is 5.78 Å². The topological polar surface area (TPSA) is 32.7 Å². The van der Waals surface area contributed by atoms with E-state index in [4.69, 9.17) is 4.99 Å². The first-order chi connectivity index (χ1) is 10.8. The molecule has 0 aromatic rings. The second-order valence-corrected chi connectivity index (χ2v) is 7.38. The van der Waals surface area contributed by atoms with Gasteiger partial charge in [0.2, 0.25) is 0 Å². The number of fused-ring (bicyclic) bond motifs is 3. The maximum atomic E-state index is 11.9. The van der Waals surface area contributed by atoms with E-state index in [0.717, 1.165) is 17.8 Å². The number of ketones is 1. The molecule has 1 saturated carbocycles. The number of nitrogens with zero attached hydrogens (tertiary/aromatic N) is 2. The van der Waals surface area contributed by atoms with E-state index >= 15 is 0 Å². The normalized spacial score (nSPS) is 36.3. The van der Waals surface area contributed by atoms with Gasteiger partial charge in [0.05, 0.1) is 11.4 Å². The zero-order valence-corrected chi connectivity index (χ0v) is 13.0. The SMILES string of the molecule is O=C1C=CC2=NC34CCCCC3CC3=C(CCCC3)N4C2=C1. The van der Waals surface area contributed by atoms with Crippen molar-refractivity contribution >= 4 is 11.5 Å².